The van der Waals surface area contributed by atoms with E-state index in [1.807, 2.05) is 0 Å². The second kappa shape index (κ2) is 6.74. The maximum atomic E-state index is 5.16. The second-order valence-electron chi connectivity index (χ2n) is 4.56. The van der Waals surface area contributed by atoms with E-state index in [2.05, 4.69) is 40.5 Å². The summed E-state index contributed by atoms with van der Waals surface area (Å²) in [5.74, 6) is 0. The van der Waals surface area contributed by atoms with Crippen molar-refractivity contribution in [3.05, 3.63) is 35.9 Å². The number of hydrogen-bond acceptors (Lipinski definition) is 3. The molecule has 1 fully saturated rings. The molecule has 1 heterocycles. The Kier molecular flexibility index (Phi) is 4.98. The molecular formula is C14H22N2O. The van der Waals surface area contributed by atoms with E-state index in [4.69, 9.17) is 4.74 Å². The van der Waals surface area contributed by atoms with E-state index in [9.17, 15) is 0 Å². The van der Waals surface area contributed by atoms with Gasteiger partial charge in [-0.25, -0.2) is 0 Å². The molecule has 1 aliphatic rings. The molecule has 3 nitrogen and oxygen atoms in total. The number of nitrogens with one attached hydrogen (secondary N) is 1. The van der Waals surface area contributed by atoms with Crippen LogP contribution in [0.1, 0.15) is 18.0 Å². The first-order valence-electron chi connectivity index (χ1n) is 6.40. The largest absolute Gasteiger partial charge is 0.383 e. The molecule has 0 amide bonds. The zero-order valence-electron chi connectivity index (χ0n) is 10.6. The van der Waals surface area contributed by atoms with Gasteiger partial charge in [0.1, 0.15) is 0 Å². The zero-order valence-corrected chi connectivity index (χ0v) is 10.6. The van der Waals surface area contributed by atoms with Crippen molar-refractivity contribution in [1.82, 2.24) is 10.2 Å². The Hall–Kier alpha value is -0.900. The van der Waals surface area contributed by atoms with E-state index in [1.165, 1.54) is 18.5 Å². The maximum absolute atomic E-state index is 5.16. The number of nitrogens with zero attached hydrogens (tertiary/aromatic N) is 1. The second-order valence-corrected chi connectivity index (χ2v) is 4.56. The topological polar surface area (TPSA) is 24.5 Å². The van der Waals surface area contributed by atoms with E-state index in [1.54, 1.807) is 7.11 Å². The van der Waals surface area contributed by atoms with Crippen LogP contribution < -0.4 is 5.32 Å². The van der Waals surface area contributed by atoms with Gasteiger partial charge in [-0.2, -0.15) is 0 Å². The van der Waals surface area contributed by atoms with Gasteiger partial charge in [-0.05, 0) is 25.1 Å². The Morgan fingerprint density at radius 2 is 2.18 bits per heavy atom. The third-order valence-electron chi connectivity index (χ3n) is 3.30. The third-order valence-corrected chi connectivity index (χ3v) is 3.30. The zero-order chi connectivity index (χ0) is 11.9. The minimum atomic E-state index is 0.454. The Labute approximate surface area is 104 Å². The lowest BCUT2D eigenvalue weighted by molar-refractivity contribution is 0.146. The molecule has 1 aliphatic heterocycles. The average Bonchev–Trinajstić information content (AvgIpc) is 2.63. The van der Waals surface area contributed by atoms with Gasteiger partial charge >= 0.3 is 0 Å². The van der Waals surface area contributed by atoms with Crippen molar-refractivity contribution in [3.63, 3.8) is 0 Å². The highest BCUT2D eigenvalue weighted by atomic mass is 16.5. The molecule has 1 aromatic carbocycles. The Balaban J connectivity index is 1.97. The van der Waals surface area contributed by atoms with Crippen LogP contribution in [0.15, 0.2) is 30.3 Å². The monoisotopic (exact) mass is 234 g/mol. The van der Waals surface area contributed by atoms with Crippen LogP contribution in [0.3, 0.4) is 0 Å². The van der Waals surface area contributed by atoms with Gasteiger partial charge in [0.15, 0.2) is 0 Å². The van der Waals surface area contributed by atoms with Crippen LogP contribution in [0.5, 0.6) is 0 Å². The van der Waals surface area contributed by atoms with E-state index in [0.29, 0.717) is 6.04 Å². The first kappa shape index (κ1) is 12.6. The Morgan fingerprint density at radius 3 is 2.94 bits per heavy atom. The molecule has 0 aliphatic carbocycles. The van der Waals surface area contributed by atoms with Gasteiger partial charge in [0.25, 0.3) is 0 Å². The summed E-state index contributed by atoms with van der Waals surface area (Å²) in [6, 6.07) is 11.2. The fourth-order valence-corrected chi connectivity index (χ4v) is 2.33. The highest BCUT2D eigenvalue weighted by molar-refractivity contribution is 5.19. The smallest absolute Gasteiger partial charge is 0.0589 e. The van der Waals surface area contributed by atoms with Gasteiger partial charge < -0.3 is 10.1 Å². The minimum absolute atomic E-state index is 0.454. The molecule has 1 saturated heterocycles. The van der Waals surface area contributed by atoms with Crippen LogP contribution in [0, 0.1) is 0 Å². The molecule has 1 atom stereocenters. The summed E-state index contributed by atoms with van der Waals surface area (Å²) < 4.78 is 5.16. The van der Waals surface area contributed by atoms with Crippen LogP contribution in [0.25, 0.3) is 0 Å². The van der Waals surface area contributed by atoms with Gasteiger partial charge in [-0.15, -0.1) is 0 Å². The molecular weight excluding hydrogens is 212 g/mol. The maximum Gasteiger partial charge on any atom is 0.0589 e. The summed E-state index contributed by atoms with van der Waals surface area (Å²) in [5.41, 5.74) is 1.39. The van der Waals surface area contributed by atoms with Crippen molar-refractivity contribution in [2.45, 2.75) is 12.5 Å². The fourth-order valence-electron chi connectivity index (χ4n) is 2.33. The summed E-state index contributed by atoms with van der Waals surface area (Å²) >= 11 is 0. The molecule has 0 saturated carbocycles. The summed E-state index contributed by atoms with van der Waals surface area (Å²) in [6.45, 7) is 5.19. The number of methoxy groups -OCH3 is 1. The lowest BCUT2D eigenvalue weighted by atomic mass is 10.1. The van der Waals surface area contributed by atoms with E-state index < -0.39 is 0 Å². The van der Waals surface area contributed by atoms with Crippen LogP contribution in [0.2, 0.25) is 0 Å². The van der Waals surface area contributed by atoms with E-state index in [0.717, 1.165) is 26.2 Å². The molecule has 94 valence electrons. The predicted molar refractivity (Wildman–Crippen MR) is 70.1 cm³/mol. The highest BCUT2D eigenvalue weighted by Gasteiger charge is 2.18. The standard InChI is InChI=1S/C14H22N2O/c1-17-11-10-16-9-5-8-15-14(12-16)13-6-3-2-4-7-13/h2-4,6-7,14-15H,5,8-12H2,1H3. The molecule has 1 N–H and O–H groups in total. The number of benzene rings is 1. The quantitative estimate of drug-likeness (QED) is 0.857. The Morgan fingerprint density at radius 1 is 1.35 bits per heavy atom. The SMILES string of the molecule is COCCN1CCCNC(c2ccccc2)C1. The fraction of sp³-hybridized carbons (Fsp3) is 0.571. The number of ether oxygens (including phenoxy) is 1. The molecule has 1 aromatic rings. The Bertz CT molecular complexity index is 315. The van der Waals surface area contributed by atoms with Crippen molar-refractivity contribution in [3.8, 4) is 0 Å². The molecule has 17 heavy (non-hydrogen) atoms. The van der Waals surface area contributed by atoms with Crippen LogP contribution in [0.4, 0.5) is 0 Å². The summed E-state index contributed by atoms with van der Waals surface area (Å²) in [7, 11) is 1.77. The summed E-state index contributed by atoms with van der Waals surface area (Å²) in [4.78, 5) is 2.49. The first-order chi connectivity index (χ1) is 8.40. The molecule has 1 unspecified atom stereocenters. The van der Waals surface area contributed by atoms with Crippen molar-refractivity contribution in [2.24, 2.45) is 0 Å². The van der Waals surface area contributed by atoms with Crippen LogP contribution >= 0.6 is 0 Å². The molecule has 0 bridgehead atoms. The van der Waals surface area contributed by atoms with E-state index in [-0.39, 0.29) is 0 Å². The van der Waals surface area contributed by atoms with Gasteiger partial charge in [0.2, 0.25) is 0 Å². The van der Waals surface area contributed by atoms with Crippen molar-refractivity contribution >= 4 is 0 Å². The molecule has 3 heteroatoms. The molecule has 0 radical (unpaired) electrons. The normalized spacial score (nSPS) is 22.3. The highest BCUT2D eigenvalue weighted by Crippen LogP contribution is 2.16. The third kappa shape index (κ3) is 3.80. The van der Waals surface area contributed by atoms with Gasteiger partial charge in [0.05, 0.1) is 6.61 Å². The molecule has 2 rings (SSSR count). The summed E-state index contributed by atoms with van der Waals surface area (Å²) in [6.07, 6.45) is 1.22. The van der Waals surface area contributed by atoms with E-state index >= 15 is 0 Å². The predicted octanol–water partition coefficient (Wildman–Crippen LogP) is 1.67. The van der Waals surface area contributed by atoms with Crippen molar-refractivity contribution < 1.29 is 4.74 Å². The van der Waals surface area contributed by atoms with Crippen LogP contribution in [-0.4, -0.2) is 44.8 Å². The first-order valence-corrected chi connectivity index (χ1v) is 6.40. The van der Waals surface area contributed by atoms with Gasteiger partial charge in [0, 0.05) is 26.2 Å². The number of hydrogen-bond donors (Lipinski definition) is 1. The van der Waals surface area contributed by atoms with Crippen molar-refractivity contribution in [1.29, 1.82) is 0 Å². The lowest BCUT2D eigenvalue weighted by Crippen LogP contribution is -2.33. The van der Waals surface area contributed by atoms with Crippen LogP contribution in [-0.2, 0) is 4.74 Å². The minimum Gasteiger partial charge on any atom is -0.383 e. The van der Waals surface area contributed by atoms with Crippen molar-refractivity contribution in [2.75, 3.05) is 39.9 Å². The van der Waals surface area contributed by atoms with Gasteiger partial charge in [-0.3, -0.25) is 4.90 Å². The lowest BCUT2D eigenvalue weighted by Gasteiger charge is -2.24. The molecule has 0 spiro atoms. The average molecular weight is 234 g/mol. The molecule has 0 aromatic heterocycles. The summed E-state index contributed by atoms with van der Waals surface area (Å²) in [5, 5.41) is 3.62. The van der Waals surface area contributed by atoms with Gasteiger partial charge in [-0.1, -0.05) is 30.3 Å². The number of rotatable bonds is 4.